The van der Waals surface area contributed by atoms with E-state index in [0.29, 0.717) is 11.3 Å². The number of amides is 2. The van der Waals surface area contributed by atoms with Gasteiger partial charge in [-0.05, 0) is 25.5 Å². The predicted octanol–water partition coefficient (Wildman–Crippen LogP) is 1.92. The summed E-state index contributed by atoms with van der Waals surface area (Å²) in [7, 11) is 1.28. The Morgan fingerprint density at radius 1 is 1.22 bits per heavy atom. The van der Waals surface area contributed by atoms with E-state index in [2.05, 4.69) is 25.2 Å². The van der Waals surface area contributed by atoms with Crippen molar-refractivity contribution >= 4 is 75.3 Å². The molecular weight excluding hydrogens is 596 g/mol. The molecule has 4 heterocycles. The fraction of sp³-hybridized carbons (Fsp3) is 0.375. The van der Waals surface area contributed by atoms with Crippen LogP contribution in [0, 0.1) is 6.92 Å². The van der Waals surface area contributed by atoms with Crippen LogP contribution in [0.4, 0.5) is 9.93 Å². The Balaban J connectivity index is 1.52. The lowest BCUT2D eigenvalue weighted by Gasteiger charge is -2.49. The summed E-state index contributed by atoms with van der Waals surface area (Å²) in [6.45, 7) is 3.16. The zero-order chi connectivity index (χ0) is 29.5. The number of fused-ring (bicyclic) bond motifs is 1. The van der Waals surface area contributed by atoms with Gasteiger partial charge in [0.1, 0.15) is 43.1 Å². The first-order valence-electron chi connectivity index (χ1n) is 12.1. The number of anilines is 1. The number of thiazole rings is 2. The third-order valence-corrected chi connectivity index (χ3v) is 8.53. The van der Waals surface area contributed by atoms with Crippen LogP contribution in [0.5, 0.6) is 0 Å². The molecule has 0 saturated carbocycles. The molecule has 2 aromatic heterocycles. The van der Waals surface area contributed by atoms with Crippen LogP contribution < -0.4 is 11.1 Å². The highest BCUT2D eigenvalue weighted by atomic mass is 32.2. The highest BCUT2D eigenvalue weighted by Gasteiger charge is 2.54. The molecule has 1 saturated heterocycles. The van der Waals surface area contributed by atoms with Crippen LogP contribution in [-0.4, -0.2) is 88.6 Å². The van der Waals surface area contributed by atoms with Crippen molar-refractivity contribution in [1.29, 1.82) is 0 Å². The molecule has 0 radical (unpaired) electrons. The number of carbonyl (C=O) groups is 4. The summed E-state index contributed by atoms with van der Waals surface area (Å²) < 4.78 is 14.8. The number of thioether (sulfide) groups is 1. The van der Waals surface area contributed by atoms with Crippen molar-refractivity contribution in [3.63, 3.8) is 0 Å². The lowest BCUT2D eigenvalue weighted by atomic mass is 10.0. The summed E-state index contributed by atoms with van der Waals surface area (Å²) in [5, 5.41) is 7.60. The summed E-state index contributed by atoms with van der Waals surface area (Å²) in [6, 6.07) is -0.949. The Morgan fingerprint density at radius 2 is 2.00 bits per heavy atom. The number of hydrogen-bond acceptors (Lipinski definition) is 15. The minimum Gasteiger partial charge on any atom is -0.457 e. The molecule has 218 valence electrons. The number of allylic oxidation sites excluding steroid dienone is 1. The number of hydrogen-bond donors (Lipinski definition) is 2. The number of β-lactam (4-membered cyclic amide) rings is 1. The Kier molecular flexibility index (Phi) is 9.95. The second-order valence-corrected chi connectivity index (χ2v) is 11.1. The van der Waals surface area contributed by atoms with Crippen molar-refractivity contribution in [2.45, 2.75) is 25.3 Å². The SMILES string of the molecule is CCOC(=O)OCCOC(=O)C1=C(C=Cc2scnc2C)CS[C@H]2C(NC(=O)C(=NOC)c3csc(N)n3)C(=O)N12. The molecule has 0 aliphatic carbocycles. The minimum absolute atomic E-state index is 0.0388. The normalized spacial score (nSPS) is 18.6. The molecule has 17 heteroatoms. The Morgan fingerprint density at radius 3 is 2.66 bits per heavy atom. The van der Waals surface area contributed by atoms with Crippen molar-refractivity contribution in [2.24, 2.45) is 5.16 Å². The number of carbonyl (C=O) groups excluding carboxylic acids is 4. The molecule has 14 nitrogen and oxygen atoms in total. The van der Waals surface area contributed by atoms with E-state index in [1.54, 1.807) is 23.9 Å². The lowest BCUT2D eigenvalue weighted by molar-refractivity contribution is -0.153. The number of aryl methyl sites for hydroxylation is 1. The van der Waals surface area contributed by atoms with Gasteiger partial charge in [-0.15, -0.1) is 34.4 Å². The zero-order valence-electron chi connectivity index (χ0n) is 22.1. The van der Waals surface area contributed by atoms with Crippen molar-refractivity contribution in [1.82, 2.24) is 20.2 Å². The molecule has 2 aliphatic heterocycles. The standard InChI is InChI=1S/C24H26N6O8S3/c1-4-36-24(34)38-8-7-37-22(33)18-13(5-6-15-12(2)26-11-41-15)9-39-21-17(20(32)30(18)21)28-19(31)16(29-35-3)14-10-40-23(25)27-14/h5-6,10-11,17,21H,4,7-9H2,1-3H3,(H2,25,27)(H,28,31)/t17?,21-/m0/s1. The van der Waals surface area contributed by atoms with E-state index in [1.807, 2.05) is 13.0 Å². The summed E-state index contributed by atoms with van der Waals surface area (Å²) in [4.78, 5) is 66.2. The van der Waals surface area contributed by atoms with Gasteiger partial charge in [0.05, 0.1) is 17.8 Å². The maximum absolute atomic E-state index is 13.3. The van der Waals surface area contributed by atoms with Crippen LogP contribution in [0.15, 0.2) is 33.4 Å². The fourth-order valence-corrected chi connectivity index (χ4v) is 6.36. The van der Waals surface area contributed by atoms with E-state index < -0.39 is 35.4 Å². The monoisotopic (exact) mass is 622 g/mol. The first-order valence-corrected chi connectivity index (χ1v) is 14.9. The second-order valence-electron chi connectivity index (χ2n) is 8.23. The summed E-state index contributed by atoms with van der Waals surface area (Å²) in [5.41, 5.74) is 8.86. The fourth-order valence-electron chi connectivity index (χ4n) is 3.80. The summed E-state index contributed by atoms with van der Waals surface area (Å²) >= 11 is 3.93. The van der Waals surface area contributed by atoms with Gasteiger partial charge in [-0.1, -0.05) is 11.2 Å². The van der Waals surface area contributed by atoms with Gasteiger partial charge >= 0.3 is 12.1 Å². The van der Waals surface area contributed by atoms with E-state index >= 15 is 0 Å². The number of nitrogen functional groups attached to an aromatic ring is 1. The van der Waals surface area contributed by atoms with Gasteiger partial charge in [-0.3, -0.25) is 14.5 Å². The molecule has 3 N–H and O–H groups in total. The second kappa shape index (κ2) is 13.6. The molecule has 2 aromatic rings. The van der Waals surface area contributed by atoms with E-state index in [1.165, 1.54) is 35.1 Å². The van der Waals surface area contributed by atoms with Gasteiger partial charge in [0.25, 0.3) is 11.8 Å². The lowest BCUT2D eigenvalue weighted by Crippen LogP contribution is -2.71. The molecule has 2 amide bonds. The Bertz CT molecular complexity index is 1420. The van der Waals surface area contributed by atoms with Gasteiger partial charge < -0.3 is 30.1 Å². The maximum atomic E-state index is 13.3. The first-order chi connectivity index (χ1) is 19.7. The first kappa shape index (κ1) is 30.0. The molecule has 41 heavy (non-hydrogen) atoms. The van der Waals surface area contributed by atoms with Gasteiger partial charge in [-0.25, -0.2) is 19.6 Å². The number of rotatable bonds is 11. The quantitative estimate of drug-likeness (QED) is 0.122. The van der Waals surface area contributed by atoms with Crippen LogP contribution >= 0.6 is 34.4 Å². The molecule has 0 bridgehead atoms. The van der Waals surface area contributed by atoms with E-state index in [-0.39, 0.29) is 42.1 Å². The average Bonchev–Trinajstić information content (AvgIpc) is 3.58. The summed E-state index contributed by atoms with van der Waals surface area (Å²) in [5.74, 6) is -1.63. The van der Waals surface area contributed by atoms with E-state index in [0.717, 1.165) is 21.9 Å². The number of esters is 1. The van der Waals surface area contributed by atoms with Gasteiger partial charge in [-0.2, -0.15) is 0 Å². The molecule has 0 spiro atoms. The zero-order valence-corrected chi connectivity index (χ0v) is 24.6. The van der Waals surface area contributed by atoms with Crippen molar-refractivity contribution in [2.75, 3.05) is 38.4 Å². The minimum atomic E-state index is -0.949. The van der Waals surface area contributed by atoms with Crippen LogP contribution in [0.25, 0.3) is 6.08 Å². The number of nitrogens with two attached hydrogens (primary N) is 1. The topological polar surface area (TPSA) is 185 Å². The van der Waals surface area contributed by atoms with Gasteiger partial charge in [0.2, 0.25) is 0 Å². The van der Waals surface area contributed by atoms with Crippen LogP contribution in [0.1, 0.15) is 23.2 Å². The molecule has 1 unspecified atom stereocenters. The van der Waals surface area contributed by atoms with E-state index in [9.17, 15) is 19.2 Å². The number of oxime groups is 1. The maximum Gasteiger partial charge on any atom is 0.508 e. The average molecular weight is 623 g/mol. The molecule has 1 fully saturated rings. The predicted molar refractivity (Wildman–Crippen MR) is 152 cm³/mol. The largest absolute Gasteiger partial charge is 0.508 e. The number of nitrogens with zero attached hydrogens (tertiary/aromatic N) is 4. The molecule has 0 aromatic carbocycles. The van der Waals surface area contributed by atoms with Gasteiger partial charge in [0, 0.05) is 16.0 Å². The van der Waals surface area contributed by atoms with Crippen molar-refractivity contribution in [3.8, 4) is 0 Å². The Hall–Kier alpha value is -3.96. The van der Waals surface area contributed by atoms with Crippen molar-refractivity contribution < 1.29 is 38.2 Å². The molecule has 2 atom stereocenters. The van der Waals surface area contributed by atoms with Crippen LogP contribution in [0.3, 0.4) is 0 Å². The summed E-state index contributed by atoms with van der Waals surface area (Å²) in [6.07, 6.45) is 2.68. The number of nitrogens with one attached hydrogen (secondary N) is 1. The highest BCUT2D eigenvalue weighted by Crippen LogP contribution is 2.41. The van der Waals surface area contributed by atoms with Gasteiger partial charge in [0.15, 0.2) is 10.8 Å². The third-order valence-electron chi connectivity index (χ3n) is 5.66. The van der Waals surface area contributed by atoms with Crippen molar-refractivity contribution in [3.05, 3.63) is 44.5 Å². The van der Waals surface area contributed by atoms with E-state index in [4.69, 9.17) is 20.0 Å². The highest BCUT2D eigenvalue weighted by molar-refractivity contribution is 8.00. The van der Waals surface area contributed by atoms with Crippen LogP contribution in [0.2, 0.25) is 0 Å². The third kappa shape index (κ3) is 6.86. The molecule has 2 aliphatic rings. The number of aromatic nitrogens is 2. The Labute approximate surface area is 246 Å². The van der Waals surface area contributed by atoms with Crippen LogP contribution in [-0.2, 0) is 33.4 Å². The smallest absolute Gasteiger partial charge is 0.457 e. The molecule has 4 rings (SSSR count). The number of ether oxygens (including phenoxy) is 3. The molecular formula is C24H26N6O8S3.